The summed E-state index contributed by atoms with van der Waals surface area (Å²) >= 11 is 0. The molecule has 34 heavy (non-hydrogen) atoms. The van der Waals surface area contributed by atoms with Crippen molar-refractivity contribution in [3.63, 3.8) is 0 Å². The fourth-order valence-corrected chi connectivity index (χ4v) is 3.38. The number of nitrogens with one attached hydrogen (secondary N) is 2. The number of aromatic nitrogens is 1. The van der Waals surface area contributed by atoms with Gasteiger partial charge in [0.05, 0.1) is 19.9 Å². The molecule has 0 aliphatic heterocycles. The average Bonchev–Trinajstić information content (AvgIpc) is 3.30. The number of ether oxygens (including phenoxy) is 2. The number of anilines is 2. The molecular weight excluding hydrogens is 434 g/mol. The van der Waals surface area contributed by atoms with Crippen molar-refractivity contribution in [3.8, 4) is 34.3 Å². The third-order valence-electron chi connectivity index (χ3n) is 4.99. The van der Waals surface area contributed by atoms with E-state index in [1.165, 1.54) is 14.0 Å². The van der Waals surface area contributed by atoms with Gasteiger partial charge in [0.15, 0.2) is 11.5 Å². The lowest BCUT2D eigenvalue weighted by molar-refractivity contribution is -0.114. The molecule has 1 aromatic heterocycles. The number of hydrogen-bond acceptors (Lipinski definition) is 6. The summed E-state index contributed by atoms with van der Waals surface area (Å²) in [6.45, 7) is 1.44. The molecule has 4 aromatic rings. The van der Waals surface area contributed by atoms with Crippen molar-refractivity contribution in [2.75, 3.05) is 24.9 Å². The van der Waals surface area contributed by atoms with E-state index in [9.17, 15) is 9.59 Å². The molecule has 8 nitrogen and oxygen atoms in total. The fraction of sp³-hybridized carbons (Fsp3) is 0.115. The van der Waals surface area contributed by atoms with E-state index in [0.29, 0.717) is 40.1 Å². The monoisotopic (exact) mass is 457 g/mol. The molecule has 0 aliphatic carbocycles. The minimum atomic E-state index is -0.474. The number of carbonyl (C=O) groups excluding carboxylic acids is 2. The zero-order valence-electron chi connectivity index (χ0n) is 18.9. The summed E-state index contributed by atoms with van der Waals surface area (Å²) in [4.78, 5) is 29.2. The highest BCUT2D eigenvalue weighted by Gasteiger charge is 2.23. The minimum absolute atomic E-state index is 0.107. The number of methoxy groups -OCH3 is 2. The molecule has 0 spiro atoms. The lowest BCUT2D eigenvalue weighted by Gasteiger charge is -2.11. The third kappa shape index (κ3) is 4.91. The number of carbonyl (C=O) groups is 2. The molecule has 0 fully saturated rings. The number of benzene rings is 3. The third-order valence-corrected chi connectivity index (χ3v) is 4.99. The van der Waals surface area contributed by atoms with E-state index >= 15 is 0 Å². The van der Waals surface area contributed by atoms with E-state index in [0.717, 1.165) is 5.56 Å². The second-order valence-electron chi connectivity index (χ2n) is 7.34. The van der Waals surface area contributed by atoms with Gasteiger partial charge in [-0.15, -0.1) is 0 Å². The van der Waals surface area contributed by atoms with Crippen LogP contribution in [0.4, 0.5) is 11.4 Å². The Morgan fingerprint density at radius 3 is 2.24 bits per heavy atom. The van der Waals surface area contributed by atoms with Crippen molar-refractivity contribution >= 4 is 23.2 Å². The van der Waals surface area contributed by atoms with Crippen LogP contribution in [0, 0.1) is 0 Å². The molecule has 3 aromatic carbocycles. The molecule has 172 valence electrons. The Kier molecular flexibility index (Phi) is 6.59. The Labute approximate surface area is 196 Å². The maximum absolute atomic E-state index is 13.3. The topological polar surface area (TPSA) is 103 Å². The van der Waals surface area contributed by atoms with Crippen LogP contribution in [0.25, 0.3) is 22.8 Å². The SMILES string of the molecule is COc1ccc(OC)c(NC(=O)c2nc(-c3ccccc3)oc2-c2ccc(NC(C)=O)cc2)c1. The Hall–Kier alpha value is -4.59. The summed E-state index contributed by atoms with van der Waals surface area (Å²) in [5.74, 6) is 0.999. The van der Waals surface area contributed by atoms with Gasteiger partial charge in [0.1, 0.15) is 11.5 Å². The maximum Gasteiger partial charge on any atom is 0.278 e. The molecule has 0 aliphatic rings. The van der Waals surface area contributed by atoms with Crippen LogP contribution in [-0.4, -0.2) is 31.0 Å². The Morgan fingerprint density at radius 2 is 1.59 bits per heavy atom. The first-order valence-electron chi connectivity index (χ1n) is 10.5. The molecule has 0 saturated heterocycles. The molecule has 0 unspecified atom stereocenters. The van der Waals surface area contributed by atoms with Crippen LogP contribution in [-0.2, 0) is 4.79 Å². The number of hydrogen-bond donors (Lipinski definition) is 2. The van der Waals surface area contributed by atoms with E-state index in [-0.39, 0.29) is 11.6 Å². The van der Waals surface area contributed by atoms with E-state index in [1.807, 2.05) is 30.3 Å². The van der Waals surface area contributed by atoms with Crippen LogP contribution in [0.5, 0.6) is 11.5 Å². The molecule has 8 heteroatoms. The van der Waals surface area contributed by atoms with E-state index in [1.54, 1.807) is 49.6 Å². The first-order valence-corrected chi connectivity index (χ1v) is 10.5. The van der Waals surface area contributed by atoms with Crippen LogP contribution >= 0.6 is 0 Å². The van der Waals surface area contributed by atoms with Crippen molar-refractivity contribution in [1.82, 2.24) is 4.98 Å². The van der Waals surface area contributed by atoms with E-state index < -0.39 is 5.91 Å². The lowest BCUT2D eigenvalue weighted by atomic mass is 10.1. The zero-order chi connectivity index (χ0) is 24.1. The molecule has 4 rings (SSSR count). The van der Waals surface area contributed by atoms with Gasteiger partial charge in [0.25, 0.3) is 5.91 Å². The number of nitrogens with zero attached hydrogens (tertiary/aromatic N) is 1. The van der Waals surface area contributed by atoms with Crippen LogP contribution in [0.2, 0.25) is 0 Å². The number of amides is 2. The molecular formula is C26H23N3O5. The van der Waals surface area contributed by atoms with Gasteiger partial charge in [-0.25, -0.2) is 4.98 Å². The van der Waals surface area contributed by atoms with Gasteiger partial charge in [-0.1, -0.05) is 18.2 Å². The van der Waals surface area contributed by atoms with Crippen molar-refractivity contribution in [3.05, 3.63) is 78.5 Å². The standard InChI is InChI=1S/C26H23N3O5/c1-16(30)27-19-11-9-17(10-12-19)24-23(29-26(34-24)18-7-5-4-6-8-18)25(31)28-21-15-20(32-2)13-14-22(21)33-3/h4-15H,1-3H3,(H,27,30)(H,28,31). The molecule has 2 amide bonds. The maximum atomic E-state index is 13.3. The molecule has 0 radical (unpaired) electrons. The summed E-state index contributed by atoms with van der Waals surface area (Å²) in [5, 5.41) is 5.56. The highest BCUT2D eigenvalue weighted by molar-refractivity contribution is 6.07. The number of rotatable bonds is 7. The van der Waals surface area contributed by atoms with Crippen molar-refractivity contribution in [2.24, 2.45) is 0 Å². The summed E-state index contributed by atoms with van der Waals surface area (Å²) in [6, 6.07) is 21.4. The van der Waals surface area contributed by atoms with Gasteiger partial charge in [0.2, 0.25) is 11.8 Å². The highest BCUT2D eigenvalue weighted by Crippen LogP contribution is 2.33. The molecule has 1 heterocycles. The van der Waals surface area contributed by atoms with Crippen LogP contribution in [0.3, 0.4) is 0 Å². The molecule has 0 saturated carbocycles. The zero-order valence-corrected chi connectivity index (χ0v) is 18.9. The van der Waals surface area contributed by atoms with E-state index in [4.69, 9.17) is 13.9 Å². The average molecular weight is 457 g/mol. The van der Waals surface area contributed by atoms with Crippen molar-refractivity contribution < 1.29 is 23.5 Å². The molecule has 0 bridgehead atoms. The Balaban J connectivity index is 1.74. The second kappa shape index (κ2) is 9.91. The van der Waals surface area contributed by atoms with Gasteiger partial charge in [-0.3, -0.25) is 9.59 Å². The first kappa shape index (κ1) is 22.6. The van der Waals surface area contributed by atoms with Crippen molar-refractivity contribution in [1.29, 1.82) is 0 Å². The molecule has 2 N–H and O–H groups in total. The quantitative estimate of drug-likeness (QED) is 0.394. The lowest BCUT2D eigenvalue weighted by Crippen LogP contribution is -2.14. The predicted molar refractivity (Wildman–Crippen MR) is 129 cm³/mol. The van der Waals surface area contributed by atoms with Gasteiger partial charge in [0, 0.05) is 29.8 Å². The highest BCUT2D eigenvalue weighted by atomic mass is 16.5. The summed E-state index contributed by atoms with van der Waals surface area (Å²) in [5.41, 5.74) is 2.54. The minimum Gasteiger partial charge on any atom is -0.497 e. The summed E-state index contributed by atoms with van der Waals surface area (Å²) < 4.78 is 16.7. The second-order valence-corrected chi connectivity index (χ2v) is 7.34. The van der Waals surface area contributed by atoms with E-state index in [2.05, 4.69) is 15.6 Å². The Morgan fingerprint density at radius 1 is 0.853 bits per heavy atom. The molecule has 0 atom stereocenters. The smallest absolute Gasteiger partial charge is 0.278 e. The van der Waals surface area contributed by atoms with Gasteiger partial charge >= 0.3 is 0 Å². The first-order chi connectivity index (χ1) is 16.5. The normalized spacial score (nSPS) is 10.4. The predicted octanol–water partition coefficient (Wildman–Crippen LogP) is 5.24. The van der Waals surface area contributed by atoms with Gasteiger partial charge in [-0.2, -0.15) is 0 Å². The van der Waals surface area contributed by atoms with Crippen molar-refractivity contribution in [2.45, 2.75) is 6.92 Å². The van der Waals surface area contributed by atoms with Crippen LogP contribution in [0.15, 0.2) is 77.2 Å². The summed E-state index contributed by atoms with van der Waals surface area (Å²) in [7, 11) is 3.06. The largest absolute Gasteiger partial charge is 0.497 e. The van der Waals surface area contributed by atoms with Gasteiger partial charge < -0.3 is 24.5 Å². The fourth-order valence-electron chi connectivity index (χ4n) is 3.38. The Bertz CT molecular complexity index is 1310. The number of oxazole rings is 1. The summed E-state index contributed by atoms with van der Waals surface area (Å²) in [6.07, 6.45) is 0. The van der Waals surface area contributed by atoms with Gasteiger partial charge in [-0.05, 0) is 48.5 Å². The van der Waals surface area contributed by atoms with Crippen LogP contribution in [0.1, 0.15) is 17.4 Å². The van der Waals surface area contributed by atoms with Crippen LogP contribution < -0.4 is 20.1 Å².